The number of fused-ring (bicyclic) bond motifs is 15. The Morgan fingerprint density at radius 1 is 0.671 bits per heavy atom. The van der Waals surface area contributed by atoms with Gasteiger partial charge in [0.1, 0.15) is 17.5 Å². The molecule has 2 unspecified atom stereocenters. The van der Waals surface area contributed by atoms with Crippen LogP contribution < -0.4 is 21.3 Å². The van der Waals surface area contributed by atoms with Crippen molar-refractivity contribution in [3.63, 3.8) is 0 Å². The number of hydrogen-bond donors (Lipinski definition) is 4. The van der Waals surface area contributed by atoms with E-state index in [1.807, 2.05) is 4.90 Å². The highest BCUT2D eigenvalue weighted by molar-refractivity contribution is 6.01. The van der Waals surface area contributed by atoms with E-state index in [0.717, 1.165) is 5.06 Å². The van der Waals surface area contributed by atoms with E-state index in [1.165, 1.54) is 21.7 Å². The van der Waals surface area contributed by atoms with Gasteiger partial charge in [0.25, 0.3) is 17.7 Å². The molecule has 0 saturated carbocycles. The molecule has 25 heteroatoms. The molecule has 25 nitrogen and oxygen atoms in total. The van der Waals surface area contributed by atoms with Gasteiger partial charge in [0, 0.05) is 124 Å². The maximum absolute atomic E-state index is 14.2. The van der Waals surface area contributed by atoms with Gasteiger partial charge in [0.2, 0.25) is 18.2 Å². The van der Waals surface area contributed by atoms with Gasteiger partial charge >= 0.3 is 24.1 Å². The third kappa shape index (κ3) is 20.6. The Balaban J connectivity index is 2.02. The number of amides is 8. The number of likely N-dealkylation sites (N-methyl/N-ethyl adjacent to an activating group) is 1. The molecule has 0 aromatic carbocycles. The lowest BCUT2D eigenvalue weighted by atomic mass is 9.94. The molecule has 2 bridgehead atoms. The largest absolute Gasteiger partial charge is 0.444 e. The van der Waals surface area contributed by atoms with E-state index < -0.39 is 75.9 Å². The van der Waals surface area contributed by atoms with Crippen LogP contribution in [0.1, 0.15) is 106 Å². The number of nitrogens with zero attached hydrogens (tertiary/aromatic N) is 6. The summed E-state index contributed by atoms with van der Waals surface area (Å²) in [5, 5.41) is 14.1. The minimum Gasteiger partial charge on any atom is -0.444 e. The SMILES string of the molecule is CN1CCN(C(=O)OC(C)(C)C)CC2(NC(=O)CCCC(=O)ON3C(=O)CCC3=O)CNCCNCC(NC(=O)CCCC(=O)ON(C)C(=O)CCC=O)(C1)CN(C=O)CCN(C(=O)OC(C)(C)C)C2. The zero-order valence-corrected chi connectivity index (χ0v) is 42.0. The Hall–Kier alpha value is -5.95. The molecule has 0 radical (unpaired) electrons. The molecule has 4 aliphatic heterocycles. The molecule has 2 atom stereocenters. The summed E-state index contributed by atoms with van der Waals surface area (Å²) in [6.45, 7) is 10.4. The molecule has 394 valence electrons. The van der Waals surface area contributed by atoms with Crippen LogP contribution in [0.2, 0.25) is 0 Å². The van der Waals surface area contributed by atoms with Gasteiger partial charge in [-0.15, -0.1) is 5.06 Å². The highest BCUT2D eigenvalue weighted by atomic mass is 16.7. The van der Waals surface area contributed by atoms with Crippen molar-refractivity contribution < 1.29 is 71.9 Å². The maximum atomic E-state index is 14.2. The predicted molar refractivity (Wildman–Crippen MR) is 247 cm³/mol. The van der Waals surface area contributed by atoms with Gasteiger partial charge in [-0.05, 0) is 61.4 Å². The van der Waals surface area contributed by atoms with E-state index in [2.05, 4.69) is 21.3 Å². The number of hydrogen-bond acceptors (Lipinski definition) is 18. The Morgan fingerprint density at radius 2 is 1.16 bits per heavy atom. The summed E-state index contributed by atoms with van der Waals surface area (Å²) in [5.41, 5.74) is -4.59. The van der Waals surface area contributed by atoms with Crippen LogP contribution in [0.4, 0.5) is 9.59 Å². The van der Waals surface area contributed by atoms with Gasteiger partial charge in [0.15, 0.2) is 0 Å². The molecule has 0 aromatic heterocycles. The highest BCUT2D eigenvalue weighted by Gasteiger charge is 2.43. The van der Waals surface area contributed by atoms with Crippen LogP contribution in [0.15, 0.2) is 0 Å². The summed E-state index contributed by atoms with van der Waals surface area (Å²) >= 11 is 0. The van der Waals surface area contributed by atoms with Crippen molar-refractivity contribution in [1.82, 2.24) is 51.0 Å². The van der Waals surface area contributed by atoms with Crippen LogP contribution in [-0.2, 0) is 62.3 Å². The van der Waals surface area contributed by atoms with Crippen LogP contribution >= 0.6 is 0 Å². The van der Waals surface area contributed by atoms with Crippen LogP contribution in [0, 0.1) is 0 Å². The van der Waals surface area contributed by atoms with Crippen LogP contribution in [0.5, 0.6) is 0 Å². The van der Waals surface area contributed by atoms with E-state index in [9.17, 15) is 52.7 Å². The van der Waals surface area contributed by atoms with Gasteiger partial charge in [-0.25, -0.2) is 19.2 Å². The van der Waals surface area contributed by atoms with E-state index in [0.29, 0.717) is 24.3 Å². The lowest BCUT2D eigenvalue weighted by Crippen LogP contribution is -2.69. The number of rotatable bonds is 15. The Labute approximate surface area is 409 Å². The first-order valence-electron chi connectivity index (χ1n) is 23.6. The fraction of sp³-hybridized carbons (Fsp3) is 0.756. The number of hydroxylamine groups is 4. The molecule has 4 heterocycles. The maximum Gasteiger partial charge on any atom is 0.410 e. The minimum atomic E-state index is -1.47. The van der Waals surface area contributed by atoms with Crippen molar-refractivity contribution in [2.24, 2.45) is 0 Å². The first kappa shape index (κ1) is 58.4. The first-order chi connectivity index (χ1) is 32.8. The molecule has 4 fully saturated rings. The zero-order chi connectivity index (χ0) is 52.3. The second kappa shape index (κ2) is 26.9. The van der Waals surface area contributed by atoms with Crippen LogP contribution in [0.25, 0.3) is 0 Å². The first-order valence-corrected chi connectivity index (χ1v) is 23.6. The molecule has 0 spiro atoms. The summed E-state index contributed by atoms with van der Waals surface area (Å²) in [4.78, 5) is 157. The molecule has 4 rings (SSSR count). The Bertz CT molecular complexity index is 1870. The highest BCUT2D eigenvalue weighted by Crippen LogP contribution is 2.21. The van der Waals surface area contributed by atoms with Crippen molar-refractivity contribution in [3.05, 3.63) is 0 Å². The molecule has 0 aromatic rings. The lowest BCUT2D eigenvalue weighted by Gasteiger charge is -2.45. The molecular weight excluding hydrogens is 921 g/mol. The van der Waals surface area contributed by atoms with Gasteiger partial charge in [-0.2, -0.15) is 5.06 Å². The average molecular weight is 995 g/mol. The topological polar surface area (TPSA) is 292 Å². The normalized spacial score (nSPS) is 21.2. The summed E-state index contributed by atoms with van der Waals surface area (Å²) < 4.78 is 11.8. The summed E-state index contributed by atoms with van der Waals surface area (Å²) in [7, 11) is 3.03. The molecule has 4 N–H and O–H groups in total. The molecule has 4 aliphatic rings. The minimum absolute atomic E-state index is 0.0122. The number of imide groups is 1. The molecule has 8 amide bonds. The van der Waals surface area contributed by atoms with Crippen molar-refractivity contribution in [2.75, 3.05) is 92.6 Å². The number of carbonyl (C=O) groups is 11. The Kier molecular flexibility index (Phi) is 22.4. The zero-order valence-electron chi connectivity index (χ0n) is 42.0. The monoisotopic (exact) mass is 995 g/mol. The quantitative estimate of drug-likeness (QED) is 0.0923. The summed E-state index contributed by atoms with van der Waals surface area (Å²) in [6.07, 6.45) is -1.54. The summed E-state index contributed by atoms with van der Waals surface area (Å²) in [6, 6.07) is 0. The van der Waals surface area contributed by atoms with Gasteiger partial charge in [0.05, 0.1) is 24.2 Å². The van der Waals surface area contributed by atoms with Gasteiger partial charge in [-0.3, -0.25) is 28.8 Å². The van der Waals surface area contributed by atoms with Crippen molar-refractivity contribution in [1.29, 1.82) is 0 Å². The van der Waals surface area contributed by atoms with Crippen molar-refractivity contribution in [3.8, 4) is 0 Å². The van der Waals surface area contributed by atoms with Crippen LogP contribution in [-0.4, -0.2) is 211 Å². The van der Waals surface area contributed by atoms with E-state index in [1.54, 1.807) is 48.6 Å². The molecule has 70 heavy (non-hydrogen) atoms. The Morgan fingerprint density at radius 3 is 1.64 bits per heavy atom. The van der Waals surface area contributed by atoms with E-state index >= 15 is 0 Å². The lowest BCUT2D eigenvalue weighted by molar-refractivity contribution is -0.197. The second-order valence-corrected chi connectivity index (χ2v) is 19.9. The predicted octanol–water partition coefficient (Wildman–Crippen LogP) is -0.389. The fourth-order valence-electron chi connectivity index (χ4n) is 7.85. The van der Waals surface area contributed by atoms with Crippen molar-refractivity contribution >= 4 is 66.4 Å². The smallest absolute Gasteiger partial charge is 0.410 e. The van der Waals surface area contributed by atoms with Crippen molar-refractivity contribution in [2.45, 2.75) is 128 Å². The summed E-state index contributed by atoms with van der Waals surface area (Å²) in [5.74, 6) is -4.50. The average Bonchev–Trinajstić information content (AvgIpc) is 3.56. The number of aldehydes is 1. The van der Waals surface area contributed by atoms with Gasteiger partial charge in [-0.1, -0.05) is 0 Å². The standard InChI is InChI=1S/C45H74N10O15/c1-42(2,3)67-40(65)53-23-21-50(7)28-44(48-33(58)12-9-15-38(63)69-51(8)35(60)14-11-25-56)26-46-19-20-47-27-45(30-53,31-54(24-22-52(29-44)32-57)41(66)68-43(4,5)6)49-34(59)13-10-16-39(64)70-55-36(61)17-18-37(55)62/h25,32,46-47H,9-24,26-31H2,1-8H3,(H,48,58)(H,49,59). The molecular formula is C45H74N10O15. The number of ether oxygens (including phenoxy) is 2. The second-order valence-electron chi connectivity index (χ2n) is 19.9. The number of carbonyl (C=O) groups excluding carboxylic acids is 11. The third-order valence-electron chi connectivity index (χ3n) is 11.0. The van der Waals surface area contributed by atoms with E-state index in [-0.39, 0.29) is 136 Å². The molecule has 0 aliphatic carbocycles. The fourth-order valence-corrected chi connectivity index (χ4v) is 7.85. The third-order valence-corrected chi connectivity index (χ3v) is 11.0. The van der Waals surface area contributed by atoms with E-state index in [4.69, 9.17) is 19.1 Å². The molecule has 4 saturated heterocycles. The van der Waals surface area contributed by atoms with Crippen LogP contribution in [0.3, 0.4) is 0 Å². The number of nitrogens with one attached hydrogen (secondary N) is 4. The van der Waals surface area contributed by atoms with Gasteiger partial charge < -0.3 is 64.8 Å².